The number of alkyl halides is 3. The predicted octanol–water partition coefficient (Wildman–Crippen LogP) is 2.38. The third-order valence-corrected chi connectivity index (χ3v) is 5.86. The lowest BCUT2D eigenvalue weighted by Gasteiger charge is -2.16. The molecule has 0 aliphatic rings. The van der Waals surface area contributed by atoms with Gasteiger partial charge in [-0.1, -0.05) is 0 Å². The van der Waals surface area contributed by atoms with Gasteiger partial charge >= 0.3 is 12.1 Å². The highest BCUT2D eigenvalue weighted by atomic mass is 32.2. The Hall–Kier alpha value is -3.63. The van der Waals surface area contributed by atoms with E-state index in [2.05, 4.69) is 20.4 Å². The molecule has 0 saturated carbocycles. The number of aliphatic hydroxyl groups is 1. The van der Waals surface area contributed by atoms with E-state index < -0.39 is 62.2 Å². The molecule has 0 bridgehead atoms. The van der Waals surface area contributed by atoms with Crippen LogP contribution in [0, 0.1) is 5.82 Å². The number of nitrogens with zero attached hydrogens (tertiary/aromatic N) is 4. The summed E-state index contributed by atoms with van der Waals surface area (Å²) in [5.74, 6) is -2.99. The summed E-state index contributed by atoms with van der Waals surface area (Å²) in [6.07, 6.45) is -1.94. The van der Waals surface area contributed by atoms with Gasteiger partial charge in [-0.25, -0.2) is 22.8 Å². The van der Waals surface area contributed by atoms with E-state index in [0.717, 1.165) is 18.3 Å². The van der Waals surface area contributed by atoms with E-state index in [1.165, 1.54) is 24.7 Å². The van der Waals surface area contributed by atoms with Crippen LogP contribution in [-0.4, -0.2) is 56.5 Å². The zero-order valence-corrected chi connectivity index (χ0v) is 19.5. The fourth-order valence-corrected chi connectivity index (χ4v) is 3.95. The number of anilines is 2. The second-order valence-electron chi connectivity index (χ2n) is 8.18. The average molecular weight is 532 g/mol. The Kier molecular flexibility index (Phi) is 7.33. The molecular formula is C20H20F4N6O5S. The summed E-state index contributed by atoms with van der Waals surface area (Å²) in [4.78, 5) is 17.4. The lowest BCUT2D eigenvalue weighted by Crippen LogP contribution is -2.29. The van der Waals surface area contributed by atoms with E-state index in [-0.39, 0.29) is 17.8 Å². The first kappa shape index (κ1) is 27.0. The molecule has 2 heterocycles. The maximum Gasteiger partial charge on any atom is 0.419 e. The summed E-state index contributed by atoms with van der Waals surface area (Å²) < 4.78 is 82.4. The van der Waals surface area contributed by atoms with Gasteiger partial charge in [0.1, 0.15) is 17.9 Å². The second kappa shape index (κ2) is 9.79. The Morgan fingerprint density at radius 2 is 1.89 bits per heavy atom. The van der Waals surface area contributed by atoms with Crippen molar-refractivity contribution >= 4 is 27.6 Å². The van der Waals surface area contributed by atoms with Crippen LogP contribution in [0.2, 0.25) is 0 Å². The maximum atomic E-state index is 14.6. The largest absolute Gasteiger partial charge is 0.480 e. The van der Waals surface area contributed by atoms with Crippen molar-refractivity contribution in [1.29, 1.82) is 0 Å². The van der Waals surface area contributed by atoms with Gasteiger partial charge in [0.25, 0.3) is 0 Å². The van der Waals surface area contributed by atoms with Gasteiger partial charge in [0, 0.05) is 18.0 Å². The first-order chi connectivity index (χ1) is 16.5. The Morgan fingerprint density at radius 3 is 2.47 bits per heavy atom. The molecule has 0 saturated heterocycles. The molecule has 16 heteroatoms. The maximum absolute atomic E-state index is 14.6. The van der Waals surface area contributed by atoms with Crippen LogP contribution < -0.4 is 10.0 Å². The molecule has 36 heavy (non-hydrogen) atoms. The number of hydrogen-bond donors (Lipinski definition) is 4. The lowest BCUT2D eigenvalue weighted by molar-refractivity contribution is -0.137. The highest BCUT2D eigenvalue weighted by Gasteiger charge is 2.36. The molecule has 0 radical (unpaired) electrons. The van der Waals surface area contributed by atoms with Crippen LogP contribution >= 0.6 is 0 Å². The van der Waals surface area contributed by atoms with Crippen LogP contribution in [-0.2, 0) is 27.5 Å². The Bertz CT molecular complexity index is 1390. The van der Waals surface area contributed by atoms with Crippen molar-refractivity contribution in [3.05, 3.63) is 48.2 Å². The molecule has 0 unspecified atom stereocenters. The molecule has 0 aliphatic carbocycles. The van der Waals surface area contributed by atoms with Gasteiger partial charge < -0.3 is 15.5 Å². The summed E-state index contributed by atoms with van der Waals surface area (Å²) in [5.41, 5.74) is -3.31. The van der Waals surface area contributed by atoms with Crippen molar-refractivity contribution in [3.8, 4) is 11.3 Å². The van der Waals surface area contributed by atoms with Crippen LogP contribution in [0.25, 0.3) is 11.3 Å². The smallest absolute Gasteiger partial charge is 0.419 e. The number of carboxylic acid groups (broad SMARTS) is 1. The predicted molar refractivity (Wildman–Crippen MR) is 117 cm³/mol. The minimum atomic E-state index is -4.82. The Morgan fingerprint density at radius 1 is 1.19 bits per heavy atom. The van der Waals surface area contributed by atoms with Gasteiger partial charge in [-0.3, -0.25) is 9.48 Å². The van der Waals surface area contributed by atoms with Crippen molar-refractivity contribution in [2.24, 2.45) is 0 Å². The summed E-state index contributed by atoms with van der Waals surface area (Å²) in [5, 5.41) is 24.8. The van der Waals surface area contributed by atoms with Gasteiger partial charge in [0.2, 0.25) is 16.0 Å². The van der Waals surface area contributed by atoms with Crippen LogP contribution in [0.15, 0.2) is 41.7 Å². The first-order valence-corrected chi connectivity index (χ1v) is 11.5. The van der Waals surface area contributed by atoms with Crippen LogP contribution in [0.4, 0.5) is 29.2 Å². The van der Waals surface area contributed by atoms with E-state index in [1.54, 1.807) is 4.72 Å². The topological polar surface area (TPSA) is 159 Å². The quantitative estimate of drug-likeness (QED) is 0.304. The van der Waals surface area contributed by atoms with E-state index in [9.17, 15) is 35.9 Å². The molecule has 3 rings (SSSR count). The van der Waals surface area contributed by atoms with Gasteiger partial charge in [-0.15, -0.1) is 0 Å². The second-order valence-corrected chi connectivity index (χ2v) is 9.94. The molecule has 194 valence electrons. The third-order valence-electron chi connectivity index (χ3n) is 4.46. The van der Waals surface area contributed by atoms with E-state index >= 15 is 0 Å². The number of aromatic nitrogens is 4. The van der Waals surface area contributed by atoms with Crippen LogP contribution in [0.1, 0.15) is 19.4 Å². The summed E-state index contributed by atoms with van der Waals surface area (Å²) in [7, 11) is -4.32. The Balaban J connectivity index is 1.93. The molecule has 2 aromatic heterocycles. The molecule has 3 aromatic rings. The zero-order chi connectivity index (χ0) is 26.9. The fraction of sp³-hybridized carbons (Fsp3) is 0.300. The van der Waals surface area contributed by atoms with Gasteiger partial charge in [-0.2, -0.15) is 23.0 Å². The number of nitrogens with one attached hydrogen (secondary N) is 2. The molecule has 1 aromatic carbocycles. The van der Waals surface area contributed by atoms with Crippen molar-refractivity contribution in [1.82, 2.24) is 24.5 Å². The van der Waals surface area contributed by atoms with Crippen LogP contribution in [0.5, 0.6) is 0 Å². The highest BCUT2D eigenvalue weighted by molar-refractivity contribution is 7.89. The third kappa shape index (κ3) is 6.73. The minimum absolute atomic E-state index is 0.00761. The van der Waals surface area contributed by atoms with E-state index in [1.807, 2.05) is 0 Å². The molecular weight excluding hydrogens is 512 g/mol. The number of rotatable bonds is 9. The van der Waals surface area contributed by atoms with Gasteiger partial charge in [0.15, 0.2) is 0 Å². The molecule has 0 aliphatic heterocycles. The number of carboxylic acids is 1. The molecule has 0 atom stereocenters. The fourth-order valence-electron chi connectivity index (χ4n) is 2.96. The van der Waals surface area contributed by atoms with Crippen molar-refractivity contribution < 1.29 is 41.0 Å². The SMILES string of the molecule is CC(C)(O)Cn1cc(-c2nc(Nc3ccc(S(=O)(=O)NCC(=O)O)cc3F)ncc2C(F)(F)F)cn1. The molecule has 4 N–H and O–H groups in total. The lowest BCUT2D eigenvalue weighted by atomic mass is 10.1. The van der Waals surface area contributed by atoms with Gasteiger partial charge in [0.05, 0.1) is 34.6 Å². The average Bonchev–Trinajstić information content (AvgIpc) is 3.19. The summed E-state index contributed by atoms with van der Waals surface area (Å²) in [6, 6.07) is 2.53. The van der Waals surface area contributed by atoms with E-state index in [0.29, 0.717) is 12.3 Å². The van der Waals surface area contributed by atoms with Crippen LogP contribution in [0.3, 0.4) is 0 Å². The normalized spacial score (nSPS) is 12.5. The van der Waals surface area contributed by atoms with E-state index in [4.69, 9.17) is 5.11 Å². The monoisotopic (exact) mass is 532 g/mol. The van der Waals surface area contributed by atoms with Crippen molar-refractivity contribution in [2.75, 3.05) is 11.9 Å². The number of halogens is 4. The van der Waals surface area contributed by atoms with Gasteiger partial charge in [-0.05, 0) is 32.0 Å². The highest BCUT2D eigenvalue weighted by Crippen LogP contribution is 2.36. The standard InChI is InChI=1S/C20H20F4N6O5S/c1-19(2,33)10-30-9-11(6-26-30)17-13(20(22,23)24)7-25-18(29-17)28-15-4-3-12(5-14(15)21)36(34,35)27-8-16(31)32/h3-7,9,27,33H,8,10H2,1-2H3,(H,31,32)(H,25,28,29). The number of aliphatic carboxylic acids is 1. The molecule has 0 amide bonds. The van der Waals surface area contributed by atoms with Crippen molar-refractivity contribution in [3.63, 3.8) is 0 Å². The Labute approximate surface area is 201 Å². The summed E-state index contributed by atoms with van der Waals surface area (Å²) >= 11 is 0. The number of benzene rings is 1. The molecule has 0 spiro atoms. The molecule has 11 nitrogen and oxygen atoms in total. The zero-order valence-electron chi connectivity index (χ0n) is 18.7. The van der Waals surface area contributed by atoms with Crippen molar-refractivity contribution in [2.45, 2.75) is 37.1 Å². The number of carbonyl (C=O) groups is 1. The first-order valence-electron chi connectivity index (χ1n) is 10.0. The number of sulfonamides is 1. The number of hydrogen-bond acceptors (Lipinski definition) is 8. The molecule has 0 fully saturated rings. The summed E-state index contributed by atoms with van der Waals surface area (Å²) in [6.45, 7) is 2.07. The minimum Gasteiger partial charge on any atom is -0.480 e.